The van der Waals surface area contributed by atoms with Crippen molar-refractivity contribution < 1.29 is 19.1 Å². The molecular formula is C13H12BrNO4. The van der Waals surface area contributed by atoms with Crippen molar-refractivity contribution >= 4 is 33.7 Å². The molecule has 1 aromatic rings. The van der Waals surface area contributed by atoms with E-state index in [9.17, 15) is 14.4 Å². The van der Waals surface area contributed by atoms with Crippen molar-refractivity contribution in [3.63, 3.8) is 0 Å². The zero-order valence-electron chi connectivity index (χ0n) is 10.7. The van der Waals surface area contributed by atoms with E-state index < -0.39 is 23.3 Å². The maximum absolute atomic E-state index is 12.3. The van der Waals surface area contributed by atoms with E-state index in [1.165, 1.54) is 21.0 Å². The van der Waals surface area contributed by atoms with Crippen LogP contribution in [-0.2, 0) is 9.53 Å². The van der Waals surface area contributed by atoms with Crippen molar-refractivity contribution in [3.05, 3.63) is 33.8 Å². The largest absolute Gasteiger partial charge is 0.467 e. The summed E-state index contributed by atoms with van der Waals surface area (Å²) in [4.78, 5) is 37.3. The molecule has 0 aliphatic carbocycles. The zero-order chi connectivity index (χ0) is 14.4. The molecule has 2 rings (SSSR count). The van der Waals surface area contributed by atoms with Crippen LogP contribution in [-0.4, -0.2) is 35.3 Å². The van der Waals surface area contributed by atoms with Crippen LogP contribution in [0.3, 0.4) is 0 Å². The first-order valence-electron chi connectivity index (χ1n) is 5.57. The predicted octanol–water partition coefficient (Wildman–Crippen LogP) is 2.00. The normalized spacial score (nSPS) is 14.6. The fourth-order valence-electron chi connectivity index (χ4n) is 2.06. The van der Waals surface area contributed by atoms with Crippen molar-refractivity contribution in [2.24, 2.45) is 0 Å². The molecule has 1 heterocycles. The van der Waals surface area contributed by atoms with Gasteiger partial charge in [-0.15, -0.1) is 0 Å². The van der Waals surface area contributed by atoms with Crippen LogP contribution in [0.4, 0.5) is 0 Å². The summed E-state index contributed by atoms with van der Waals surface area (Å²) < 4.78 is 5.35. The van der Waals surface area contributed by atoms with Gasteiger partial charge in [-0.3, -0.25) is 14.5 Å². The van der Waals surface area contributed by atoms with Crippen LogP contribution in [0.2, 0.25) is 0 Å². The summed E-state index contributed by atoms with van der Waals surface area (Å²) in [7, 11) is 1.22. The number of nitrogens with zero attached hydrogens (tertiary/aromatic N) is 1. The molecule has 100 valence electrons. The number of benzene rings is 1. The van der Waals surface area contributed by atoms with Crippen LogP contribution in [0.1, 0.15) is 34.6 Å². The second kappa shape index (κ2) is 4.45. The third-order valence-corrected chi connectivity index (χ3v) is 3.59. The van der Waals surface area contributed by atoms with Crippen LogP contribution in [0, 0.1) is 0 Å². The molecule has 0 atom stereocenters. The molecule has 0 unspecified atom stereocenters. The highest BCUT2D eigenvalue weighted by Crippen LogP contribution is 2.31. The number of carbonyl (C=O) groups is 3. The van der Waals surface area contributed by atoms with Gasteiger partial charge in [0.2, 0.25) is 0 Å². The standard InChI is InChI=1S/C13H12BrNO4/c1-13(2,12(18)19-3)15-10(16)8-5-4-7(14)6-9(8)11(15)17/h4-6H,1-3H3. The number of hydrogen-bond acceptors (Lipinski definition) is 4. The molecule has 1 aliphatic rings. The molecule has 0 N–H and O–H groups in total. The van der Waals surface area contributed by atoms with E-state index in [2.05, 4.69) is 20.7 Å². The van der Waals surface area contributed by atoms with E-state index in [0.29, 0.717) is 10.0 Å². The lowest BCUT2D eigenvalue weighted by molar-refractivity contribution is -0.150. The van der Waals surface area contributed by atoms with Gasteiger partial charge >= 0.3 is 5.97 Å². The molecule has 5 nitrogen and oxygen atoms in total. The van der Waals surface area contributed by atoms with E-state index in [4.69, 9.17) is 0 Å². The molecule has 0 saturated heterocycles. The molecule has 19 heavy (non-hydrogen) atoms. The van der Waals surface area contributed by atoms with Gasteiger partial charge in [-0.1, -0.05) is 15.9 Å². The molecule has 0 aromatic heterocycles. The second-order valence-corrected chi connectivity index (χ2v) is 5.60. The smallest absolute Gasteiger partial charge is 0.331 e. The lowest BCUT2D eigenvalue weighted by Crippen LogP contribution is -2.53. The number of fused-ring (bicyclic) bond motifs is 1. The van der Waals surface area contributed by atoms with Gasteiger partial charge in [0, 0.05) is 4.47 Å². The number of esters is 1. The highest BCUT2D eigenvalue weighted by molar-refractivity contribution is 9.10. The lowest BCUT2D eigenvalue weighted by atomic mass is 10.0. The minimum Gasteiger partial charge on any atom is -0.467 e. The molecule has 6 heteroatoms. The third-order valence-electron chi connectivity index (χ3n) is 3.09. The summed E-state index contributed by atoms with van der Waals surface area (Å²) in [6, 6.07) is 4.81. The first kappa shape index (κ1) is 13.7. The maximum atomic E-state index is 12.3. The minimum absolute atomic E-state index is 0.288. The Bertz CT molecular complexity index is 594. The van der Waals surface area contributed by atoms with E-state index in [-0.39, 0.29) is 5.56 Å². The lowest BCUT2D eigenvalue weighted by Gasteiger charge is -2.30. The quantitative estimate of drug-likeness (QED) is 0.616. The van der Waals surface area contributed by atoms with E-state index in [1.807, 2.05) is 0 Å². The maximum Gasteiger partial charge on any atom is 0.331 e. The van der Waals surface area contributed by atoms with Gasteiger partial charge in [0.05, 0.1) is 18.2 Å². The number of ether oxygens (including phenoxy) is 1. The molecule has 0 fully saturated rings. The van der Waals surface area contributed by atoms with Crippen molar-refractivity contribution in [1.29, 1.82) is 0 Å². The van der Waals surface area contributed by atoms with Crippen LogP contribution in [0.25, 0.3) is 0 Å². The van der Waals surface area contributed by atoms with Gasteiger partial charge < -0.3 is 4.74 Å². The topological polar surface area (TPSA) is 63.7 Å². The summed E-state index contributed by atoms with van der Waals surface area (Å²) in [5.74, 6) is -1.61. The minimum atomic E-state index is -1.34. The molecule has 0 radical (unpaired) electrons. The third kappa shape index (κ3) is 1.96. The van der Waals surface area contributed by atoms with Gasteiger partial charge in [0.15, 0.2) is 0 Å². The Labute approximate surface area is 118 Å². The number of amides is 2. The Morgan fingerprint density at radius 1 is 1.21 bits per heavy atom. The Hall–Kier alpha value is -1.69. The van der Waals surface area contributed by atoms with E-state index >= 15 is 0 Å². The summed E-state index contributed by atoms with van der Waals surface area (Å²) in [5, 5.41) is 0. The molecule has 1 aliphatic heterocycles. The van der Waals surface area contributed by atoms with Crippen LogP contribution in [0.5, 0.6) is 0 Å². The first-order valence-corrected chi connectivity index (χ1v) is 6.37. The average Bonchev–Trinajstić information content (AvgIpc) is 2.60. The summed E-state index contributed by atoms with van der Waals surface area (Å²) in [5.41, 5.74) is -0.754. The number of halogens is 1. The second-order valence-electron chi connectivity index (χ2n) is 4.69. The number of hydrogen-bond donors (Lipinski definition) is 0. The van der Waals surface area contributed by atoms with Crippen molar-refractivity contribution in [2.75, 3.05) is 7.11 Å². The van der Waals surface area contributed by atoms with Crippen LogP contribution < -0.4 is 0 Å². The number of carbonyl (C=O) groups excluding carboxylic acids is 3. The van der Waals surface area contributed by atoms with Crippen molar-refractivity contribution in [3.8, 4) is 0 Å². The fraction of sp³-hybridized carbons (Fsp3) is 0.308. The van der Waals surface area contributed by atoms with Crippen molar-refractivity contribution in [2.45, 2.75) is 19.4 Å². The van der Waals surface area contributed by atoms with Gasteiger partial charge in [-0.05, 0) is 32.0 Å². The molecule has 1 aromatic carbocycles. The molecule has 0 spiro atoms. The van der Waals surface area contributed by atoms with Gasteiger partial charge in [-0.2, -0.15) is 0 Å². The first-order chi connectivity index (χ1) is 8.80. The monoisotopic (exact) mass is 325 g/mol. The Morgan fingerprint density at radius 2 is 1.79 bits per heavy atom. The van der Waals surface area contributed by atoms with Crippen LogP contribution >= 0.6 is 15.9 Å². The molecule has 2 amide bonds. The zero-order valence-corrected chi connectivity index (χ0v) is 12.3. The average molecular weight is 326 g/mol. The SMILES string of the molecule is COC(=O)C(C)(C)N1C(=O)c2ccc(Br)cc2C1=O. The number of rotatable bonds is 2. The Kier molecular flexibility index (Phi) is 3.22. The predicted molar refractivity (Wildman–Crippen MR) is 70.7 cm³/mol. The van der Waals surface area contributed by atoms with Gasteiger partial charge in [0.25, 0.3) is 11.8 Å². The van der Waals surface area contributed by atoms with Crippen LogP contribution in [0.15, 0.2) is 22.7 Å². The Balaban J connectivity index is 2.51. The summed E-state index contributed by atoms with van der Waals surface area (Å²) in [6.45, 7) is 2.96. The number of imide groups is 1. The number of methoxy groups -OCH3 is 1. The summed E-state index contributed by atoms with van der Waals surface area (Å²) >= 11 is 3.25. The van der Waals surface area contributed by atoms with E-state index in [1.54, 1.807) is 18.2 Å². The summed E-state index contributed by atoms with van der Waals surface area (Å²) in [6.07, 6.45) is 0. The molecule has 0 saturated carbocycles. The highest BCUT2D eigenvalue weighted by Gasteiger charge is 2.48. The van der Waals surface area contributed by atoms with E-state index in [0.717, 1.165) is 4.90 Å². The highest BCUT2D eigenvalue weighted by atomic mass is 79.9. The fourth-order valence-corrected chi connectivity index (χ4v) is 2.42. The van der Waals surface area contributed by atoms with Gasteiger partial charge in [-0.25, -0.2) is 4.79 Å². The molecule has 0 bridgehead atoms. The Morgan fingerprint density at radius 3 is 2.37 bits per heavy atom. The van der Waals surface area contributed by atoms with Gasteiger partial charge in [0.1, 0.15) is 5.54 Å². The molecular weight excluding hydrogens is 314 g/mol. The van der Waals surface area contributed by atoms with Crippen molar-refractivity contribution in [1.82, 2.24) is 4.90 Å².